The number of carbonyl (C=O) groups is 1. The molecule has 162 valence electrons. The van der Waals surface area contributed by atoms with Crippen molar-refractivity contribution in [3.63, 3.8) is 0 Å². The zero-order valence-electron chi connectivity index (χ0n) is 17.0. The van der Waals surface area contributed by atoms with Crippen LogP contribution in [0.15, 0.2) is 55.0 Å². The van der Waals surface area contributed by atoms with E-state index in [4.69, 9.17) is 0 Å². The maximum Gasteiger partial charge on any atom is 0.416 e. The average molecular weight is 437 g/mol. The van der Waals surface area contributed by atoms with Gasteiger partial charge in [0.1, 0.15) is 5.69 Å². The van der Waals surface area contributed by atoms with Crippen LogP contribution in [-0.2, 0) is 11.6 Å². The number of pyridine rings is 1. The highest BCUT2D eigenvalue weighted by Crippen LogP contribution is 2.48. The summed E-state index contributed by atoms with van der Waals surface area (Å²) in [6.45, 7) is 1.67. The Morgan fingerprint density at radius 3 is 2.50 bits per heavy atom. The van der Waals surface area contributed by atoms with E-state index in [0.717, 1.165) is 12.1 Å². The normalized spacial score (nSPS) is 15.5. The Balaban J connectivity index is 1.66. The highest BCUT2D eigenvalue weighted by molar-refractivity contribution is 5.95. The van der Waals surface area contributed by atoms with E-state index in [1.165, 1.54) is 18.5 Å². The Morgan fingerprint density at radius 2 is 1.88 bits per heavy atom. The van der Waals surface area contributed by atoms with E-state index in [1.807, 2.05) is 0 Å². The van der Waals surface area contributed by atoms with Gasteiger partial charge in [-0.3, -0.25) is 19.7 Å². The monoisotopic (exact) mass is 437 g/mol. The fraction of sp³-hybridized carbons (Fsp3) is 0.261. The molecule has 4 rings (SSSR count). The first-order valence-electron chi connectivity index (χ1n) is 9.91. The maximum absolute atomic E-state index is 13.5. The highest BCUT2D eigenvalue weighted by Gasteiger charge is 2.46. The largest absolute Gasteiger partial charge is 0.416 e. The highest BCUT2D eigenvalue weighted by atomic mass is 19.4. The van der Waals surface area contributed by atoms with E-state index in [0.29, 0.717) is 29.9 Å². The molecule has 0 saturated heterocycles. The fourth-order valence-corrected chi connectivity index (χ4v) is 3.50. The van der Waals surface area contributed by atoms with E-state index in [1.54, 1.807) is 31.3 Å². The topological polar surface area (TPSA) is 91.6 Å². The zero-order valence-corrected chi connectivity index (χ0v) is 17.0. The number of halogens is 3. The molecule has 6 nitrogen and oxygen atoms in total. The summed E-state index contributed by atoms with van der Waals surface area (Å²) in [6.07, 6.45) is 0.864. The van der Waals surface area contributed by atoms with Crippen LogP contribution in [0.3, 0.4) is 0 Å². The maximum atomic E-state index is 13.5. The molecule has 1 unspecified atom stereocenters. The Bertz CT molecular complexity index is 1200. The Labute approximate surface area is 182 Å². The number of hydrogen-bond donors (Lipinski definition) is 1. The van der Waals surface area contributed by atoms with Crippen LogP contribution in [0, 0.1) is 11.3 Å². The third-order valence-electron chi connectivity index (χ3n) is 5.43. The number of rotatable bonds is 5. The number of nitriles is 1. The predicted molar refractivity (Wildman–Crippen MR) is 109 cm³/mol. The van der Waals surface area contributed by atoms with Gasteiger partial charge in [-0.15, -0.1) is 0 Å². The molecule has 0 bridgehead atoms. The Kier molecular flexibility index (Phi) is 5.38. The van der Waals surface area contributed by atoms with Crippen LogP contribution in [-0.4, -0.2) is 20.9 Å². The fourth-order valence-electron chi connectivity index (χ4n) is 3.50. The van der Waals surface area contributed by atoms with Crippen molar-refractivity contribution in [2.24, 2.45) is 0 Å². The second-order valence-corrected chi connectivity index (χ2v) is 7.69. The summed E-state index contributed by atoms with van der Waals surface area (Å²) >= 11 is 0. The zero-order chi connectivity index (χ0) is 22.9. The molecule has 1 saturated carbocycles. The molecule has 1 aromatic carbocycles. The molecule has 1 fully saturated rings. The number of nitrogens with one attached hydrogen (secondary N) is 1. The van der Waals surface area contributed by atoms with Crippen molar-refractivity contribution < 1.29 is 18.0 Å². The molecule has 1 amide bonds. The van der Waals surface area contributed by atoms with Crippen LogP contribution in [0.2, 0.25) is 0 Å². The minimum Gasteiger partial charge on any atom is -0.344 e. The van der Waals surface area contributed by atoms with Crippen molar-refractivity contribution in [3.05, 3.63) is 77.4 Å². The summed E-state index contributed by atoms with van der Waals surface area (Å²) < 4.78 is 40.4. The number of hydrogen-bond acceptors (Lipinski definition) is 5. The van der Waals surface area contributed by atoms with Gasteiger partial charge in [-0.25, -0.2) is 0 Å². The van der Waals surface area contributed by atoms with Crippen molar-refractivity contribution in [3.8, 4) is 17.5 Å². The van der Waals surface area contributed by atoms with Crippen LogP contribution in [0.4, 0.5) is 13.2 Å². The summed E-state index contributed by atoms with van der Waals surface area (Å²) in [5.74, 6) is -0.698. The van der Waals surface area contributed by atoms with Gasteiger partial charge in [-0.05, 0) is 55.7 Å². The molecule has 2 heterocycles. The number of aromatic nitrogens is 3. The summed E-state index contributed by atoms with van der Waals surface area (Å²) in [7, 11) is 0. The van der Waals surface area contributed by atoms with Crippen LogP contribution in [0.5, 0.6) is 0 Å². The Morgan fingerprint density at radius 1 is 1.12 bits per heavy atom. The minimum absolute atomic E-state index is 0.161. The molecular formula is C23H18F3N5O. The van der Waals surface area contributed by atoms with Crippen LogP contribution >= 0.6 is 0 Å². The first-order chi connectivity index (χ1) is 15.2. The lowest BCUT2D eigenvalue weighted by Gasteiger charge is -2.18. The first kappa shape index (κ1) is 21.4. The summed E-state index contributed by atoms with van der Waals surface area (Å²) in [5, 5.41) is 12.1. The summed E-state index contributed by atoms with van der Waals surface area (Å²) in [4.78, 5) is 25.8. The van der Waals surface area contributed by atoms with Gasteiger partial charge < -0.3 is 5.32 Å². The minimum atomic E-state index is -4.64. The van der Waals surface area contributed by atoms with Gasteiger partial charge in [-0.1, -0.05) is 6.07 Å². The van der Waals surface area contributed by atoms with E-state index >= 15 is 0 Å². The number of benzene rings is 1. The average Bonchev–Trinajstić information content (AvgIpc) is 3.60. The quantitative estimate of drug-likeness (QED) is 0.630. The number of amides is 1. The molecule has 1 atom stereocenters. The number of alkyl halides is 3. The number of nitrogens with zero attached hydrogens (tertiary/aromatic N) is 4. The van der Waals surface area contributed by atoms with Crippen molar-refractivity contribution in [2.45, 2.75) is 37.4 Å². The van der Waals surface area contributed by atoms with Gasteiger partial charge in [0, 0.05) is 24.2 Å². The van der Waals surface area contributed by atoms with Gasteiger partial charge in [0.05, 0.1) is 34.5 Å². The van der Waals surface area contributed by atoms with Gasteiger partial charge >= 0.3 is 6.18 Å². The van der Waals surface area contributed by atoms with Crippen LogP contribution in [0.25, 0.3) is 11.4 Å². The van der Waals surface area contributed by atoms with Gasteiger partial charge in [-0.2, -0.15) is 18.4 Å². The first-order valence-corrected chi connectivity index (χ1v) is 9.91. The summed E-state index contributed by atoms with van der Waals surface area (Å²) in [6, 6.07) is 9.84. The molecule has 1 N–H and O–H groups in total. The van der Waals surface area contributed by atoms with E-state index < -0.39 is 29.1 Å². The van der Waals surface area contributed by atoms with Crippen LogP contribution in [0.1, 0.15) is 53.0 Å². The molecule has 3 aromatic rings. The second kappa shape index (κ2) is 8.04. The van der Waals surface area contributed by atoms with E-state index in [9.17, 15) is 23.2 Å². The van der Waals surface area contributed by atoms with Gasteiger partial charge in [0.2, 0.25) is 0 Å². The molecule has 1 aliphatic rings. The molecule has 32 heavy (non-hydrogen) atoms. The second-order valence-electron chi connectivity index (χ2n) is 7.69. The standard InChI is InChI=1S/C23H18F3N5O/c1-14(19-20(30-9-8-29-19)18-4-2-3-7-28-18)31-21(32)15-10-16(22(13-27)5-6-22)12-17(11-15)23(24,25)26/h2-4,7-12,14H,5-6H2,1H3,(H,31,32). The van der Waals surface area contributed by atoms with E-state index in [-0.39, 0.29) is 11.1 Å². The van der Waals surface area contributed by atoms with Crippen molar-refractivity contribution in [1.29, 1.82) is 5.26 Å². The van der Waals surface area contributed by atoms with Crippen molar-refractivity contribution in [1.82, 2.24) is 20.3 Å². The lowest BCUT2D eigenvalue weighted by Crippen LogP contribution is -2.28. The third kappa shape index (κ3) is 4.17. The summed E-state index contributed by atoms with van der Waals surface area (Å²) in [5.41, 5.74) is -0.410. The van der Waals surface area contributed by atoms with Crippen LogP contribution < -0.4 is 5.32 Å². The van der Waals surface area contributed by atoms with E-state index in [2.05, 4.69) is 26.3 Å². The lowest BCUT2D eigenvalue weighted by molar-refractivity contribution is -0.137. The molecular weight excluding hydrogens is 419 g/mol. The molecule has 0 radical (unpaired) electrons. The van der Waals surface area contributed by atoms with Crippen molar-refractivity contribution in [2.75, 3.05) is 0 Å². The molecule has 0 spiro atoms. The lowest BCUT2D eigenvalue weighted by atomic mass is 9.93. The third-order valence-corrected chi connectivity index (χ3v) is 5.43. The Hall–Kier alpha value is -3.80. The molecule has 2 aromatic heterocycles. The molecule has 0 aliphatic heterocycles. The molecule has 1 aliphatic carbocycles. The van der Waals surface area contributed by atoms with Gasteiger partial charge in [0.15, 0.2) is 0 Å². The van der Waals surface area contributed by atoms with Crippen molar-refractivity contribution >= 4 is 5.91 Å². The SMILES string of the molecule is CC(NC(=O)c1cc(C(F)(F)F)cc(C2(C#N)CC2)c1)c1nccnc1-c1ccccn1. The molecule has 9 heteroatoms. The smallest absolute Gasteiger partial charge is 0.344 e. The number of carbonyl (C=O) groups excluding carboxylic acids is 1. The van der Waals surface area contributed by atoms with Gasteiger partial charge in [0.25, 0.3) is 5.91 Å². The predicted octanol–water partition coefficient (Wildman–Crippen LogP) is 4.60.